The molecule has 0 saturated heterocycles. The van der Waals surface area contributed by atoms with Crippen molar-refractivity contribution >= 4 is 17.2 Å². The van der Waals surface area contributed by atoms with Gasteiger partial charge in [-0.15, -0.1) is 0 Å². The SMILES string of the molecule is C[C@@H](C(=S)N(C)C)C1(O)C2CC3CC(C2)CC1C3. The lowest BCUT2D eigenvalue weighted by Crippen LogP contribution is -2.62. The Bertz CT molecular complexity index is 338. The molecule has 4 saturated carbocycles. The molecule has 102 valence electrons. The molecule has 0 aromatic rings. The van der Waals surface area contributed by atoms with Crippen LogP contribution in [0, 0.1) is 29.6 Å². The Morgan fingerprint density at radius 3 is 1.94 bits per heavy atom. The van der Waals surface area contributed by atoms with E-state index in [2.05, 4.69) is 6.92 Å². The zero-order chi connectivity index (χ0) is 13.1. The Balaban J connectivity index is 1.88. The van der Waals surface area contributed by atoms with Crippen molar-refractivity contribution in [2.45, 2.75) is 44.6 Å². The quantitative estimate of drug-likeness (QED) is 0.778. The van der Waals surface area contributed by atoms with Crippen LogP contribution in [0.2, 0.25) is 0 Å². The molecule has 4 fully saturated rings. The Morgan fingerprint density at radius 2 is 1.56 bits per heavy atom. The zero-order valence-corrected chi connectivity index (χ0v) is 12.5. The lowest BCUT2D eigenvalue weighted by molar-refractivity contribution is -0.187. The summed E-state index contributed by atoms with van der Waals surface area (Å²) in [4.78, 5) is 2.92. The lowest BCUT2D eigenvalue weighted by Gasteiger charge is -2.61. The van der Waals surface area contributed by atoms with Crippen molar-refractivity contribution in [3.8, 4) is 0 Å². The molecular weight excluding hydrogens is 242 g/mol. The molecule has 3 heteroatoms. The van der Waals surface area contributed by atoms with Crippen LogP contribution in [0.25, 0.3) is 0 Å². The number of rotatable bonds is 2. The maximum Gasteiger partial charge on any atom is 0.0831 e. The third-order valence-electron chi connectivity index (χ3n) is 5.95. The van der Waals surface area contributed by atoms with E-state index in [0.717, 1.165) is 16.8 Å². The van der Waals surface area contributed by atoms with Gasteiger partial charge in [0, 0.05) is 20.0 Å². The molecule has 1 atom stereocenters. The average molecular weight is 267 g/mol. The molecule has 18 heavy (non-hydrogen) atoms. The third kappa shape index (κ3) is 1.66. The minimum Gasteiger partial charge on any atom is -0.389 e. The first-order chi connectivity index (χ1) is 8.42. The predicted octanol–water partition coefficient (Wildman–Crippen LogP) is 2.70. The van der Waals surface area contributed by atoms with Crippen molar-refractivity contribution in [2.75, 3.05) is 14.1 Å². The van der Waals surface area contributed by atoms with Gasteiger partial charge < -0.3 is 10.0 Å². The van der Waals surface area contributed by atoms with Crippen LogP contribution in [0.4, 0.5) is 0 Å². The molecule has 0 aliphatic heterocycles. The number of thiocarbonyl (C=S) groups is 1. The highest BCUT2D eigenvalue weighted by Crippen LogP contribution is 2.60. The van der Waals surface area contributed by atoms with Gasteiger partial charge in [0.2, 0.25) is 0 Å². The molecular formula is C15H25NOS. The summed E-state index contributed by atoms with van der Waals surface area (Å²) >= 11 is 5.54. The Kier molecular flexibility index (Phi) is 2.98. The normalized spacial score (nSPS) is 47.1. The van der Waals surface area contributed by atoms with Gasteiger partial charge in [0.25, 0.3) is 0 Å². The van der Waals surface area contributed by atoms with E-state index in [9.17, 15) is 5.11 Å². The number of nitrogens with zero attached hydrogens (tertiary/aromatic N) is 1. The van der Waals surface area contributed by atoms with Crippen LogP contribution < -0.4 is 0 Å². The molecule has 2 nitrogen and oxygen atoms in total. The van der Waals surface area contributed by atoms with Crippen LogP contribution in [0.3, 0.4) is 0 Å². The van der Waals surface area contributed by atoms with Crippen molar-refractivity contribution in [2.24, 2.45) is 29.6 Å². The van der Waals surface area contributed by atoms with Crippen LogP contribution in [-0.4, -0.2) is 34.7 Å². The summed E-state index contributed by atoms with van der Waals surface area (Å²) in [5.41, 5.74) is -0.519. The van der Waals surface area contributed by atoms with E-state index in [4.69, 9.17) is 12.2 Å². The summed E-state index contributed by atoms with van der Waals surface area (Å²) in [6.07, 6.45) is 6.39. The summed E-state index contributed by atoms with van der Waals surface area (Å²) in [6.45, 7) is 2.14. The molecule has 4 bridgehead atoms. The first-order valence-electron chi connectivity index (χ1n) is 7.36. The molecule has 0 radical (unpaired) electrons. The highest BCUT2D eigenvalue weighted by molar-refractivity contribution is 7.80. The number of hydrogen-bond acceptors (Lipinski definition) is 2. The standard InChI is InChI=1S/C15H25NOS/c1-9(14(18)16(2)3)15(17)12-5-10-4-11(7-12)8-13(15)6-10/h9-13,17H,4-8H2,1-3H3/t9-,10?,11?,12?,13?,15?/m0/s1. The fourth-order valence-corrected chi connectivity index (χ4v) is 5.42. The average Bonchev–Trinajstić information content (AvgIpc) is 2.32. The van der Waals surface area contributed by atoms with E-state index in [1.807, 2.05) is 19.0 Å². The molecule has 1 N–H and O–H groups in total. The van der Waals surface area contributed by atoms with Crippen LogP contribution in [0.15, 0.2) is 0 Å². The van der Waals surface area contributed by atoms with E-state index in [0.29, 0.717) is 11.8 Å². The van der Waals surface area contributed by atoms with E-state index in [-0.39, 0.29) is 5.92 Å². The Labute approximate surface area is 116 Å². The third-order valence-corrected chi connectivity index (χ3v) is 6.67. The van der Waals surface area contributed by atoms with Gasteiger partial charge in [0.15, 0.2) is 0 Å². The second-order valence-corrected chi connectivity index (χ2v) is 7.56. The highest BCUT2D eigenvalue weighted by Gasteiger charge is 2.59. The van der Waals surface area contributed by atoms with E-state index < -0.39 is 5.60 Å². The van der Waals surface area contributed by atoms with Crippen molar-refractivity contribution in [1.29, 1.82) is 0 Å². The molecule has 0 amide bonds. The first-order valence-corrected chi connectivity index (χ1v) is 7.77. The summed E-state index contributed by atoms with van der Waals surface area (Å²) in [7, 11) is 4.00. The summed E-state index contributed by atoms with van der Waals surface area (Å²) < 4.78 is 0. The Morgan fingerprint density at radius 1 is 1.11 bits per heavy atom. The second kappa shape index (κ2) is 4.17. The van der Waals surface area contributed by atoms with E-state index >= 15 is 0 Å². The van der Waals surface area contributed by atoms with E-state index in [1.54, 1.807) is 0 Å². The molecule has 0 aromatic heterocycles. The van der Waals surface area contributed by atoms with Crippen LogP contribution in [-0.2, 0) is 0 Å². The predicted molar refractivity (Wildman–Crippen MR) is 77.4 cm³/mol. The minimum atomic E-state index is -0.519. The smallest absolute Gasteiger partial charge is 0.0831 e. The van der Waals surface area contributed by atoms with Gasteiger partial charge >= 0.3 is 0 Å². The minimum absolute atomic E-state index is 0.123. The Hall–Kier alpha value is -0.150. The van der Waals surface area contributed by atoms with Gasteiger partial charge in [-0.3, -0.25) is 0 Å². The van der Waals surface area contributed by atoms with Gasteiger partial charge in [-0.25, -0.2) is 0 Å². The molecule has 0 spiro atoms. The van der Waals surface area contributed by atoms with E-state index in [1.165, 1.54) is 32.1 Å². The number of hydrogen-bond donors (Lipinski definition) is 1. The fourth-order valence-electron chi connectivity index (χ4n) is 5.23. The molecule has 4 aliphatic rings. The van der Waals surface area contributed by atoms with Crippen LogP contribution in [0.1, 0.15) is 39.0 Å². The van der Waals surface area contributed by atoms with Gasteiger partial charge in [0.05, 0.1) is 10.6 Å². The van der Waals surface area contributed by atoms with Crippen molar-refractivity contribution < 1.29 is 5.11 Å². The largest absolute Gasteiger partial charge is 0.389 e. The van der Waals surface area contributed by atoms with Crippen molar-refractivity contribution in [1.82, 2.24) is 4.90 Å². The van der Waals surface area contributed by atoms with Crippen LogP contribution >= 0.6 is 12.2 Å². The summed E-state index contributed by atoms with van der Waals surface area (Å²) in [5, 5.41) is 11.4. The van der Waals surface area contributed by atoms with Gasteiger partial charge in [-0.05, 0) is 55.8 Å². The topological polar surface area (TPSA) is 23.5 Å². The lowest BCUT2D eigenvalue weighted by atomic mass is 9.47. The molecule has 4 aliphatic carbocycles. The second-order valence-electron chi connectivity index (χ2n) is 7.15. The maximum atomic E-state index is 11.4. The fraction of sp³-hybridized carbons (Fsp3) is 0.933. The highest BCUT2D eigenvalue weighted by atomic mass is 32.1. The first kappa shape index (κ1) is 12.9. The zero-order valence-electron chi connectivity index (χ0n) is 11.7. The van der Waals surface area contributed by atoms with Gasteiger partial charge in [-0.1, -0.05) is 19.1 Å². The van der Waals surface area contributed by atoms with Crippen molar-refractivity contribution in [3.63, 3.8) is 0 Å². The maximum absolute atomic E-state index is 11.4. The van der Waals surface area contributed by atoms with Gasteiger partial charge in [-0.2, -0.15) is 0 Å². The summed E-state index contributed by atoms with van der Waals surface area (Å²) in [6, 6.07) is 0. The molecule has 0 heterocycles. The molecule has 0 aromatic carbocycles. The monoisotopic (exact) mass is 267 g/mol. The number of aliphatic hydroxyl groups is 1. The van der Waals surface area contributed by atoms with Gasteiger partial charge in [0.1, 0.15) is 0 Å². The molecule has 4 rings (SSSR count). The summed E-state index contributed by atoms with van der Waals surface area (Å²) in [5.74, 6) is 2.92. The van der Waals surface area contributed by atoms with Crippen LogP contribution in [0.5, 0.6) is 0 Å². The van der Waals surface area contributed by atoms with Crippen molar-refractivity contribution in [3.05, 3.63) is 0 Å². The molecule has 0 unspecified atom stereocenters.